The fraction of sp³-hybridized carbons (Fsp3) is 0.143. The van der Waals surface area contributed by atoms with Crippen molar-refractivity contribution in [2.75, 3.05) is 0 Å². The van der Waals surface area contributed by atoms with Gasteiger partial charge < -0.3 is 4.74 Å². The summed E-state index contributed by atoms with van der Waals surface area (Å²) < 4.78 is 5.56. The lowest BCUT2D eigenvalue weighted by atomic mass is 10.1. The molecule has 0 N–H and O–H groups in total. The van der Waals surface area contributed by atoms with Crippen molar-refractivity contribution in [3.05, 3.63) is 62.7 Å². The molecule has 0 heterocycles. The number of hydrogen-bond acceptors (Lipinski definition) is 3. The molecule has 0 spiro atoms. The van der Waals surface area contributed by atoms with Crippen molar-refractivity contribution in [2.45, 2.75) is 13.8 Å². The molecule has 0 aliphatic carbocycles. The number of nitrogens with zero attached hydrogens (tertiary/aromatic N) is 1. The van der Waals surface area contributed by atoms with Crippen molar-refractivity contribution in [1.29, 1.82) is 0 Å². The maximum Gasteiger partial charge on any atom is 0.329 e. The van der Waals surface area contributed by atoms with E-state index in [-0.39, 0.29) is 16.5 Å². The Balaban J connectivity index is 2.40. The summed E-state index contributed by atoms with van der Waals surface area (Å²) in [5.74, 6) is 0.689. The first kappa shape index (κ1) is 13.4. The predicted molar refractivity (Wildman–Crippen MR) is 74.1 cm³/mol. The van der Waals surface area contributed by atoms with E-state index in [1.165, 1.54) is 12.1 Å². The summed E-state index contributed by atoms with van der Waals surface area (Å²) in [6.45, 7) is 3.94. The molecule has 0 radical (unpaired) electrons. The van der Waals surface area contributed by atoms with Crippen LogP contribution in [-0.2, 0) is 0 Å². The van der Waals surface area contributed by atoms with E-state index < -0.39 is 4.92 Å². The molecule has 0 aromatic heterocycles. The lowest BCUT2D eigenvalue weighted by Gasteiger charge is -2.08. The number of ether oxygens (including phenoxy) is 1. The maximum absolute atomic E-state index is 11.0. The first-order chi connectivity index (χ1) is 8.99. The van der Waals surface area contributed by atoms with Crippen LogP contribution in [0.2, 0.25) is 5.02 Å². The number of benzene rings is 2. The average Bonchev–Trinajstić information content (AvgIpc) is 2.33. The van der Waals surface area contributed by atoms with Crippen molar-refractivity contribution in [3.63, 3.8) is 0 Å². The zero-order valence-electron chi connectivity index (χ0n) is 10.5. The molecule has 98 valence electrons. The quantitative estimate of drug-likeness (QED) is 0.606. The third-order valence-electron chi connectivity index (χ3n) is 2.84. The largest absolute Gasteiger partial charge is 0.450 e. The van der Waals surface area contributed by atoms with Crippen LogP contribution in [0.1, 0.15) is 11.1 Å². The first-order valence-electron chi connectivity index (χ1n) is 5.67. The summed E-state index contributed by atoms with van der Waals surface area (Å²) in [6, 6.07) is 10.1. The summed E-state index contributed by atoms with van der Waals surface area (Å²) in [4.78, 5) is 10.5. The topological polar surface area (TPSA) is 52.4 Å². The molecule has 0 aliphatic rings. The highest BCUT2D eigenvalue weighted by molar-refractivity contribution is 6.32. The summed E-state index contributed by atoms with van der Waals surface area (Å²) >= 11 is 5.83. The summed E-state index contributed by atoms with van der Waals surface area (Å²) in [5, 5.41) is 11.1. The van der Waals surface area contributed by atoms with Crippen LogP contribution in [0, 0.1) is 24.0 Å². The number of nitro groups is 1. The van der Waals surface area contributed by atoms with E-state index in [9.17, 15) is 10.1 Å². The van der Waals surface area contributed by atoms with Crippen LogP contribution in [-0.4, -0.2) is 4.92 Å². The highest BCUT2D eigenvalue weighted by Gasteiger charge is 2.20. The molecule has 0 saturated heterocycles. The summed E-state index contributed by atoms with van der Waals surface area (Å²) in [7, 11) is 0. The van der Waals surface area contributed by atoms with Gasteiger partial charge in [0.25, 0.3) is 0 Å². The standard InChI is InChI=1S/C14H12ClNO3/c1-9-6-7-11(8-10(9)2)19-13-5-3-4-12(15)14(13)16(17)18/h3-8H,1-2H3. The molecule has 0 unspecified atom stereocenters. The third kappa shape index (κ3) is 2.85. The van der Waals surface area contributed by atoms with Crippen LogP contribution in [0.15, 0.2) is 36.4 Å². The molecule has 0 atom stereocenters. The normalized spacial score (nSPS) is 10.3. The number of nitro benzene ring substituents is 1. The van der Waals surface area contributed by atoms with E-state index in [4.69, 9.17) is 16.3 Å². The fourth-order valence-electron chi connectivity index (χ4n) is 1.66. The second-order valence-corrected chi connectivity index (χ2v) is 4.60. The van der Waals surface area contributed by atoms with E-state index in [1.54, 1.807) is 12.1 Å². The van der Waals surface area contributed by atoms with Gasteiger partial charge in [0.15, 0.2) is 0 Å². The number of halogens is 1. The Kier molecular flexibility index (Phi) is 3.71. The molecular weight excluding hydrogens is 266 g/mol. The molecule has 4 nitrogen and oxygen atoms in total. The molecule has 0 amide bonds. The number of aryl methyl sites for hydroxylation is 2. The van der Waals surface area contributed by atoms with Gasteiger partial charge in [0.2, 0.25) is 5.75 Å². The van der Waals surface area contributed by atoms with Crippen LogP contribution < -0.4 is 4.74 Å². The van der Waals surface area contributed by atoms with Crippen molar-refractivity contribution in [2.24, 2.45) is 0 Å². The smallest absolute Gasteiger partial charge is 0.329 e. The Morgan fingerprint density at radius 1 is 1.16 bits per heavy atom. The van der Waals surface area contributed by atoms with Crippen molar-refractivity contribution in [3.8, 4) is 11.5 Å². The minimum atomic E-state index is -0.543. The van der Waals surface area contributed by atoms with E-state index in [2.05, 4.69) is 0 Å². The van der Waals surface area contributed by atoms with E-state index in [1.807, 2.05) is 26.0 Å². The van der Waals surface area contributed by atoms with Crippen LogP contribution in [0.5, 0.6) is 11.5 Å². The van der Waals surface area contributed by atoms with Gasteiger partial charge in [-0.3, -0.25) is 10.1 Å². The Morgan fingerprint density at radius 3 is 2.53 bits per heavy atom. The van der Waals surface area contributed by atoms with Crippen LogP contribution in [0.4, 0.5) is 5.69 Å². The maximum atomic E-state index is 11.0. The van der Waals surface area contributed by atoms with Crippen molar-refractivity contribution >= 4 is 17.3 Å². The molecule has 0 saturated carbocycles. The molecule has 2 aromatic rings. The van der Waals surface area contributed by atoms with Gasteiger partial charge in [-0.2, -0.15) is 0 Å². The Hall–Kier alpha value is -2.07. The molecule has 5 heteroatoms. The Labute approximate surface area is 115 Å². The number of hydrogen-bond donors (Lipinski definition) is 0. The summed E-state index contributed by atoms with van der Waals surface area (Å²) in [6.07, 6.45) is 0. The zero-order valence-corrected chi connectivity index (χ0v) is 11.3. The average molecular weight is 278 g/mol. The third-order valence-corrected chi connectivity index (χ3v) is 3.14. The molecule has 0 fully saturated rings. The van der Waals surface area contributed by atoms with Gasteiger partial charge in [-0.15, -0.1) is 0 Å². The van der Waals surface area contributed by atoms with Gasteiger partial charge in [0, 0.05) is 0 Å². The highest BCUT2D eigenvalue weighted by Crippen LogP contribution is 2.37. The van der Waals surface area contributed by atoms with Crippen molar-refractivity contribution in [1.82, 2.24) is 0 Å². The van der Waals surface area contributed by atoms with E-state index in [0.29, 0.717) is 5.75 Å². The van der Waals surface area contributed by atoms with Crippen LogP contribution in [0.25, 0.3) is 0 Å². The lowest BCUT2D eigenvalue weighted by molar-refractivity contribution is -0.385. The zero-order chi connectivity index (χ0) is 14.0. The fourth-order valence-corrected chi connectivity index (χ4v) is 1.89. The van der Waals surface area contributed by atoms with Crippen LogP contribution in [0.3, 0.4) is 0 Å². The van der Waals surface area contributed by atoms with Crippen LogP contribution >= 0.6 is 11.6 Å². The minimum Gasteiger partial charge on any atom is -0.450 e. The number of rotatable bonds is 3. The van der Waals surface area contributed by atoms with Gasteiger partial charge in [-0.25, -0.2) is 0 Å². The molecule has 0 aliphatic heterocycles. The van der Waals surface area contributed by atoms with E-state index >= 15 is 0 Å². The Morgan fingerprint density at radius 2 is 1.89 bits per heavy atom. The molecular formula is C14H12ClNO3. The molecule has 2 aromatic carbocycles. The monoisotopic (exact) mass is 277 g/mol. The molecule has 19 heavy (non-hydrogen) atoms. The summed E-state index contributed by atoms with van der Waals surface area (Å²) in [5.41, 5.74) is 1.97. The van der Waals surface area contributed by atoms with Gasteiger partial charge in [0.1, 0.15) is 10.8 Å². The van der Waals surface area contributed by atoms with E-state index in [0.717, 1.165) is 11.1 Å². The van der Waals surface area contributed by atoms with Gasteiger partial charge in [0.05, 0.1) is 4.92 Å². The lowest BCUT2D eigenvalue weighted by Crippen LogP contribution is -1.94. The Bertz CT molecular complexity index is 641. The van der Waals surface area contributed by atoms with Crippen molar-refractivity contribution < 1.29 is 9.66 Å². The number of para-hydroxylation sites is 1. The SMILES string of the molecule is Cc1ccc(Oc2cccc(Cl)c2[N+](=O)[O-])cc1C. The second kappa shape index (κ2) is 5.28. The predicted octanol–water partition coefficient (Wildman–Crippen LogP) is 4.66. The first-order valence-corrected chi connectivity index (χ1v) is 6.05. The highest BCUT2D eigenvalue weighted by atomic mass is 35.5. The molecule has 2 rings (SSSR count). The van der Waals surface area contributed by atoms with Gasteiger partial charge >= 0.3 is 5.69 Å². The second-order valence-electron chi connectivity index (χ2n) is 4.19. The minimum absolute atomic E-state index is 0.0614. The van der Waals surface area contributed by atoms with Gasteiger partial charge in [-0.1, -0.05) is 23.7 Å². The van der Waals surface area contributed by atoms with Gasteiger partial charge in [-0.05, 0) is 49.2 Å². The molecule has 0 bridgehead atoms.